The minimum absolute atomic E-state index is 0.0272. The number of hydrogen-bond acceptors (Lipinski definition) is 6. The van der Waals surface area contributed by atoms with E-state index in [9.17, 15) is 19.5 Å². The molecule has 8 heteroatoms. The Morgan fingerprint density at radius 1 is 0.429 bits per heavy atom. The molecule has 70 heavy (non-hydrogen) atoms. The van der Waals surface area contributed by atoms with Gasteiger partial charge in [-0.15, -0.1) is 0 Å². The van der Waals surface area contributed by atoms with E-state index in [1.807, 2.05) is 21.1 Å². The van der Waals surface area contributed by atoms with E-state index < -0.39 is 18.1 Å². The van der Waals surface area contributed by atoms with Gasteiger partial charge in [0, 0.05) is 19.3 Å². The Kier molecular flexibility index (Phi) is 47.1. The summed E-state index contributed by atoms with van der Waals surface area (Å²) in [5.74, 6) is -1.58. The van der Waals surface area contributed by atoms with Crippen LogP contribution in [0.3, 0.4) is 0 Å². The first kappa shape index (κ1) is 65.2. The number of unbranched alkanes of at least 4 members (excludes halogenated alkanes) is 8. The number of allylic oxidation sites excluding steroid dienone is 24. The third-order valence-corrected chi connectivity index (χ3v) is 11.0. The van der Waals surface area contributed by atoms with Crippen molar-refractivity contribution in [3.63, 3.8) is 0 Å². The maximum atomic E-state index is 12.8. The maximum absolute atomic E-state index is 12.8. The molecule has 0 aliphatic carbocycles. The maximum Gasteiger partial charge on any atom is 0.362 e. The standard InChI is InChI=1S/C62H97NO7/c1-6-8-10-12-14-16-18-20-22-24-26-28-30-32-34-36-38-40-42-44-46-48-50-52-60(64)69-57-58(56-68-55-54-59(62(66)67)63(3,4)5)70-61(65)53-51-49-47-45-43-41-39-37-35-33-31-29-27-25-23-21-19-17-15-13-11-9-7-2/h8-11,14-17,20-23,26-29,32-35,38,40,44,46,58-59H,6-7,12-13,18-19,24-25,30-31,36-37,39,41-43,45,47-57H2,1-5H3/p+1/b10-8+,11-9+,16-14+,17-15+,22-20+,23-21+,28-26+,29-27+,34-32+,35-33+,40-38+,46-44+. The van der Waals surface area contributed by atoms with Gasteiger partial charge in [-0.3, -0.25) is 9.59 Å². The summed E-state index contributed by atoms with van der Waals surface area (Å²) in [5.41, 5.74) is 0. The van der Waals surface area contributed by atoms with Gasteiger partial charge in [-0.1, -0.05) is 192 Å². The molecule has 0 rings (SSSR count). The van der Waals surface area contributed by atoms with Crippen LogP contribution >= 0.6 is 0 Å². The number of esters is 2. The van der Waals surface area contributed by atoms with Crippen molar-refractivity contribution in [1.82, 2.24) is 0 Å². The molecule has 0 saturated carbocycles. The first-order valence-electron chi connectivity index (χ1n) is 26.9. The Morgan fingerprint density at radius 2 is 0.771 bits per heavy atom. The fourth-order valence-corrected chi connectivity index (χ4v) is 6.93. The molecule has 0 amide bonds. The Bertz CT molecular complexity index is 1650. The van der Waals surface area contributed by atoms with Gasteiger partial charge in [0.15, 0.2) is 12.1 Å². The second kappa shape index (κ2) is 50.6. The van der Waals surface area contributed by atoms with E-state index in [1.165, 1.54) is 19.3 Å². The van der Waals surface area contributed by atoms with Gasteiger partial charge in [-0.25, -0.2) is 4.79 Å². The molecule has 2 atom stereocenters. The highest BCUT2D eigenvalue weighted by Crippen LogP contribution is 2.13. The number of carboxylic acid groups (broad SMARTS) is 1. The highest BCUT2D eigenvalue weighted by molar-refractivity contribution is 5.72. The van der Waals surface area contributed by atoms with Crippen molar-refractivity contribution in [2.24, 2.45) is 0 Å². The van der Waals surface area contributed by atoms with Crippen molar-refractivity contribution in [2.75, 3.05) is 41.0 Å². The first-order chi connectivity index (χ1) is 34.1. The molecule has 0 aliphatic heterocycles. The van der Waals surface area contributed by atoms with Gasteiger partial charge >= 0.3 is 17.9 Å². The summed E-state index contributed by atoms with van der Waals surface area (Å²) in [6.45, 7) is 4.42. The molecule has 8 nitrogen and oxygen atoms in total. The van der Waals surface area contributed by atoms with E-state index in [0.29, 0.717) is 19.3 Å². The molecule has 0 aromatic rings. The Morgan fingerprint density at radius 3 is 1.16 bits per heavy atom. The summed E-state index contributed by atoms with van der Waals surface area (Å²) in [6, 6.07) is -0.637. The Balaban J connectivity index is 4.39. The van der Waals surface area contributed by atoms with E-state index in [-0.39, 0.29) is 42.7 Å². The molecule has 0 fully saturated rings. The summed E-state index contributed by atoms with van der Waals surface area (Å²) in [5, 5.41) is 9.67. The molecule has 0 bridgehead atoms. The van der Waals surface area contributed by atoms with E-state index in [4.69, 9.17) is 14.2 Å². The first-order valence-corrected chi connectivity index (χ1v) is 26.9. The van der Waals surface area contributed by atoms with Gasteiger partial charge in [0.1, 0.15) is 6.61 Å². The number of quaternary nitrogens is 1. The largest absolute Gasteiger partial charge is 0.477 e. The van der Waals surface area contributed by atoms with Crippen molar-refractivity contribution in [2.45, 2.75) is 187 Å². The minimum Gasteiger partial charge on any atom is -0.477 e. The van der Waals surface area contributed by atoms with Crippen molar-refractivity contribution in [3.8, 4) is 0 Å². The van der Waals surface area contributed by atoms with Gasteiger partial charge in [-0.05, 0) is 109 Å². The number of hydrogen-bond donors (Lipinski definition) is 1. The molecule has 0 aromatic heterocycles. The number of carbonyl (C=O) groups is 3. The van der Waals surface area contributed by atoms with Crippen LogP contribution in [0.1, 0.15) is 174 Å². The predicted molar refractivity (Wildman–Crippen MR) is 298 cm³/mol. The number of likely N-dealkylation sites (N-methyl/N-ethyl adjacent to an activating group) is 1. The van der Waals surface area contributed by atoms with Crippen LogP contribution in [0.25, 0.3) is 0 Å². The van der Waals surface area contributed by atoms with Crippen molar-refractivity contribution < 1.29 is 38.2 Å². The van der Waals surface area contributed by atoms with Gasteiger partial charge in [-0.2, -0.15) is 0 Å². The third kappa shape index (κ3) is 48.2. The molecule has 0 saturated heterocycles. The average molecular weight is 969 g/mol. The van der Waals surface area contributed by atoms with E-state index in [2.05, 4.69) is 160 Å². The van der Waals surface area contributed by atoms with E-state index in [0.717, 1.165) is 116 Å². The molecule has 0 heterocycles. The van der Waals surface area contributed by atoms with Crippen LogP contribution < -0.4 is 0 Å². The van der Waals surface area contributed by atoms with Gasteiger partial charge in [0.05, 0.1) is 34.4 Å². The lowest BCUT2D eigenvalue weighted by atomic mass is 10.1. The summed E-state index contributed by atoms with van der Waals surface area (Å²) in [4.78, 5) is 37.2. The topological polar surface area (TPSA) is 99.1 Å². The number of rotatable bonds is 46. The fraction of sp³-hybridized carbons (Fsp3) is 0.565. The zero-order chi connectivity index (χ0) is 51.3. The summed E-state index contributed by atoms with van der Waals surface area (Å²) < 4.78 is 17.3. The lowest BCUT2D eigenvalue weighted by molar-refractivity contribution is -0.887. The third-order valence-electron chi connectivity index (χ3n) is 11.0. The second-order valence-corrected chi connectivity index (χ2v) is 18.4. The van der Waals surface area contributed by atoms with Crippen LogP contribution in [0.5, 0.6) is 0 Å². The normalized spacial score (nSPS) is 14.0. The number of carboxylic acids is 1. The zero-order valence-corrected chi connectivity index (χ0v) is 44.7. The highest BCUT2D eigenvalue weighted by atomic mass is 16.6. The minimum atomic E-state index is -0.891. The van der Waals surface area contributed by atoms with Crippen LogP contribution in [0.4, 0.5) is 0 Å². The summed E-state index contributed by atoms with van der Waals surface area (Å²) >= 11 is 0. The zero-order valence-electron chi connectivity index (χ0n) is 44.7. The number of ether oxygens (including phenoxy) is 3. The monoisotopic (exact) mass is 969 g/mol. The molecule has 0 aromatic carbocycles. The summed E-state index contributed by atoms with van der Waals surface area (Å²) in [7, 11) is 5.50. The van der Waals surface area contributed by atoms with Crippen molar-refractivity contribution in [3.05, 3.63) is 146 Å². The number of aliphatic carboxylic acids is 1. The van der Waals surface area contributed by atoms with Crippen LogP contribution in [0.2, 0.25) is 0 Å². The second-order valence-electron chi connectivity index (χ2n) is 18.4. The number of carbonyl (C=O) groups excluding carboxylic acids is 2. The van der Waals surface area contributed by atoms with Gasteiger partial charge in [0.25, 0.3) is 0 Å². The molecule has 0 radical (unpaired) electrons. The van der Waals surface area contributed by atoms with Crippen LogP contribution in [0, 0.1) is 0 Å². The highest BCUT2D eigenvalue weighted by Gasteiger charge is 2.31. The van der Waals surface area contributed by atoms with E-state index >= 15 is 0 Å². The fourth-order valence-electron chi connectivity index (χ4n) is 6.93. The van der Waals surface area contributed by atoms with Gasteiger partial charge in [0.2, 0.25) is 0 Å². The van der Waals surface area contributed by atoms with Crippen LogP contribution in [0.15, 0.2) is 146 Å². The lowest BCUT2D eigenvalue weighted by Gasteiger charge is -2.31. The van der Waals surface area contributed by atoms with Crippen molar-refractivity contribution >= 4 is 17.9 Å². The lowest BCUT2D eigenvalue weighted by Crippen LogP contribution is -2.50. The molecule has 392 valence electrons. The molecular weight excluding hydrogens is 871 g/mol. The predicted octanol–water partition coefficient (Wildman–Crippen LogP) is 16.1. The van der Waals surface area contributed by atoms with Crippen molar-refractivity contribution in [1.29, 1.82) is 0 Å². The Hall–Kier alpha value is -4.79. The van der Waals surface area contributed by atoms with Crippen LogP contribution in [-0.2, 0) is 28.6 Å². The summed E-state index contributed by atoms with van der Waals surface area (Å²) in [6.07, 6.45) is 74.8. The van der Waals surface area contributed by atoms with Crippen LogP contribution in [-0.4, -0.2) is 80.6 Å². The quantitative estimate of drug-likeness (QED) is 0.0281. The molecular formula is C62H98NO7+. The van der Waals surface area contributed by atoms with E-state index in [1.54, 1.807) is 0 Å². The molecule has 2 unspecified atom stereocenters. The SMILES string of the molecule is CC/C=C/C/C=C/C/C=C/C/C=C/C/C=C/C/C=C/C/C=C/CCCC(=O)OCC(COCCC(C(=O)O)[N+](C)(C)C)OC(=O)CCCCCCCCC/C=C/C/C=C/C/C=C/C/C=C/C/C=C/CC. The molecule has 1 N–H and O–H groups in total. The average Bonchev–Trinajstić information content (AvgIpc) is 3.33. The molecule has 0 spiro atoms. The molecule has 0 aliphatic rings. The number of nitrogens with zero attached hydrogens (tertiary/aromatic N) is 1. The van der Waals surface area contributed by atoms with Gasteiger partial charge < -0.3 is 23.8 Å². The smallest absolute Gasteiger partial charge is 0.362 e. The Labute approximate surface area is 427 Å².